The number of rotatable bonds is 2. The Kier molecular flexibility index (Phi) is 5.64. The number of hydrogen-bond acceptors (Lipinski definition) is 3. The Morgan fingerprint density at radius 2 is 1.58 bits per heavy atom. The normalized spacial score (nSPS) is 18.2. The van der Waals surface area contributed by atoms with Crippen molar-refractivity contribution < 1.29 is 22.8 Å². The van der Waals surface area contributed by atoms with Crippen molar-refractivity contribution in [3.8, 4) is 11.8 Å². The highest BCUT2D eigenvalue weighted by molar-refractivity contribution is 6.16. The molecule has 1 aliphatic rings. The fraction of sp³-hybridized carbons (Fsp3) is 0.160. The second-order valence-corrected chi connectivity index (χ2v) is 7.82. The zero-order valence-corrected chi connectivity index (χ0v) is 17.8. The number of halogens is 3. The van der Waals surface area contributed by atoms with E-state index >= 15 is 0 Å². The number of benzene rings is 2. The molecule has 3 aromatic rings. The molecule has 33 heavy (non-hydrogen) atoms. The number of hydrogen-bond donors (Lipinski definition) is 0. The first kappa shape index (κ1) is 22.1. The fourth-order valence-electron chi connectivity index (χ4n) is 3.70. The summed E-state index contributed by atoms with van der Waals surface area (Å²) < 4.78 is 43.6. The number of imide groups is 1. The van der Waals surface area contributed by atoms with E-state index in [1.807, 2.05) is 6.07 Å². The van der Waals surface area contributed by atoms with E-state index in [2.05, 4.69) is 16.8 Å². The van der Waals surface area contributed by atoms with Gasteiger partial charge < -0.3 is 4.90 Å². The van der Waals surface area contributed by atoms with Crippen LogP contribution in [0.5, 0.6) is 0 Å². The number of amides is 3. The van der Waals surface area contributed by atoms with Gasteiger partial charge in [-0.3, -0.25) is 9.78 Å². The van der Waals surface area contributed by atoms with E-state index in [4.69, 9.17) is 0 Å². The SMILES string of the molecule is CN1C(=O)N(c2c(F)cc(C#Cc3ccccc3)cc2F)C(=O)CC1(C)c1cncc(F)c1. The lowest BCUT2D eigenvalue weighted by atomic mass is 9.86. The van der Waals surface area contributed by atoms with Crippen LogP contribution >= 0.6 is 0 Å². The predicted octanol–water partition coefficient (Wildman–Crippen LogP) is 4.60. The van der Waals surface area contributed by atoms with Gasteiger partial charge in [0.1, 0.15) is 11.5 Å². The van der Waals surface area contributed by atoms with Crippen LogP contribution in [0.15, 0.2) is 60.9 Å². The molecule has 0 N–H and O–H groups in total. The summed E-state index contributed by atoms with van der Waals surface area (Å²) in [6, 6.07) is 11.1. The van der Waals surface area contributed by atoms with Gasteiger partial charge in [0.2, 0.25) is 5.91 Å². The zero-order valence-electron chi connectivity index (χ0n) is 17.8. The van der Waals surface area contributed by atoms with Crippen molar-refractivity contribution in [1.29, 1.82) is 0 Å². The van der Waals surface area contributed by atoms with Crippen molar-refractivity contribution >= 4 is 17.6 Å². The number of nitrogens with zero attached hydrogens (tertiary/aromatic N) is 3. The van der Waals surface area contributed by atoms with E-state index in [1.165, 1.54) is 19.3 Å². The molecule has 1 unspecified atom stereocenters. The molecular formula is C25H18F3N3O2. The molecule has 1 aliphatic heterocycles. The van der Waals surface area contributed by atoms with Crippen LogP contribution in [0.4, 0.5) is 23.7 Å². The molecule has 166 valence electrons. The van der Waals surface area contributed by atoms with Crippen molar-refractivity contribution in [2.75, 3.05) is 11.9 Å². The van der Waals surface area contributed by atoms with Gasteiger partial charge >= 0.3 is 6.03 Å². The maximum absolute atomic E-state index is 14.9. The Morgan fingerprint density at radius 1 is 0.939 bits per heavy atom. The summed E-state index contributed by atoms with van der Waals surface area (Å²) >= 11 is 0. The van der Waals surface area contributed by atoms with E-state index in [0.717, 1.165) is 23.2 Å². The van der Waals surface area contributed by atoms with E-state index in [1.54, 1.807) is 31.2 Å². The van der Waals surface area contributed by atoms with E-state index < -0.39 is 40.6 Å². The topological polar surface area (TPSA) is 53.5 Å². The van der Waals surface area contributed by atoms with Gasteiger partial charge in [0, 0.05) is 24.4 Å². The highest BCUT2D eigenvalue weighted by Gasteiger charge is 2.48. The molecule has 0 radical (unpaired) electrons. The minimum atomic E-state index is -1.24. The van der Waals surface area contributed by atoms with Crippen LogP contribution < -0.4 is 4.90 Å². The molecule has 3 amide bonds. The van der Waals surface area contributed by atoms with Crippen molar-refractivity contribution in [3.05, 3.63) is 95.1 Å². The molecule has 0 spiro atoms. The summed E-state index contributed by atoms with van der Waals surface area (Å²) in [7, 11) is 1.38. The first-order valence-corrected chi connectivity index (χ1v) is 9.98. The molecule has 0 bridgehead atoms. The van der Waals surface area contributed by atoms with Gasteiger partial charge in [-0.05, 0) is 42.8 Å². The summed E-state index contributed by atoms with van der Waals surface area (Å²) in [5.41, 5.74) is -1.01. The molecule has 2 aromatic carbocycles. The molecule has 4 rings (SSSR count). The maximum Gasteiger partial charge on any atom is 0.332 e. The Hall–Kier alpha value is -4.12. The van der Waals surface area contributed by atoms with Gasteiger partial charge in [-0.2, -0.15) is 0 Å². The first-order chi connectivity index (χ1) is 15.7. The molecule has 0 saturated carbocycles. The van der Waals surface area contributed by atoms with Crippen LogP contribution in [0.3, 0.4) is 0 Å². The zero-order chi connectivity index (χ0) is 23.8. The molecular weight excluding hydrogens is 431 g/mol. The average molecular weight is 449 g/mol. The Balaban J connectivity index is 1.68. The van der Waals surface area contributed by atoms with Crippen LogP contribution in [0.25, 0.3) is 0 Å². The minimum Gasteiger partial charge on any atom is -0.317 e. The molecule has 1 saturated heterocycles. The van der Waals surface area contributed by atoms with Gasteiger partial charge in [-0.25, -0.2) is 22.9 Å². The molecule has 5 nitrogen and oxygen atoms in total. The molecule has 2 heterocycles. The Labute approximate surface area is 188 Å². The fourth-order valence-corrected chi connectivity index (χ4v) is 3.70. The summed E-state index contributed by atoms with van der Waals surface area (Å²) in [6.45, 7) is 1.56. The third kappa shape index (κ3) is 4.05. The monoisotopic (exact) mass is 449 g/mol. The van der Waals surface area contributed by atoms with Crippen LogP contribution in [0.2, 0.25) is 0 Å². The van der Waals surface area contributed by atoms with E-state index in [0.29, 0.717) is 16.0 Å². The minimum absolute atomic E-state index is 0.0542. The number of pyridine rings is 1. The summed E-state index contributed by atoms with van der Waals surface area (Å²) in [5.74, 6) is 1.81. The van der Waals surface area contributed by atoms with Gasteiger partial charge in [0.15, 0.2) is 11.6 Å². The van der Waals surface area contributed by atoms with Gasteiger partial charge in [0.25, 0.3) is 0 Å². The van der Waals surface area contributed by atoms with Gasteiger partial charge in [-0.1, -0.05) is 30.0 Å². The number of anilines is 1. The van der Waals surface area contributed by atoms with Crippen molar-refractivity contribution in [1.82, 2.24) is 9.88 Å². The van der Waals surface area contributed by atoms with Crippen molar-refractivity contribution in [2.45, 2.75) is 18.9 Å². The lowest BCUT2D eigenvalue weighted by Crippen LogP contribution is -2.60. The Morgan fingerprint density at radius 3 is 2.21 bits per heavy atom. The highest BCUT2D eigenvalue weighted by atomic mass is 19.1. The summed E-state index contributed by atoms with van der Waals surface area (Å²) in [6.07, 6.45) is 2.02. The standard InChI is InChI=1S/C25H18F3N3O2/c1-25(18-12-19(26)15-29-14-18)13-22(32)31(24(33)30(25)2)23-20(27)10-17(11-21(23)28)9-8-16-6-4-3-5-7-16/h3-7,10-12,14-15H,13H2,1-2H3. The van der Waals surface area contributed by atoms with Gasteiger partial charge in [-0.15, -0.1) is 0 Å². The molecule has 0 aliphatic carbocycles. The molecule has 1 fully saturated rings. The number of carbonyl (C=O) groups is 2. The first-order valence-electron chi connectivity index (χ1n) is 9.98. The second kappa shape index (κ2) is 8.43. The third-order valence-corrected chi connectivity index (χ3v) is 5.66. The molecule has 1 atom stereocenters. The lowest BCUT2D eigenvalue weighted by molar-refractivity contribution is -0.122. The summed E-state index contributed by atoms with van der Waals surface area (Å²) in [5, 5.41) is 0. The quantitative estimate of drug-likeness (QED) is 0.538. The van der Waals surface area contributed by atoms with Crippen LogP contribution in [-0.2, 0) is 10.3 Å². The smallest absolute Gasteiger partial charge is 0.317 e. The lowest BCUT2D eigenvalue weighted by Gasteiger charge is -2.45. The van der Waals surface area contributed by atoms with Gasteiger partial charge in [0.05, 0.1) is 18.2 Å². The maximum atomic E-state index is 14.9. The predicted molar refractivity (Wildman–Crippen MR) is 116 cm³/mol. The van der Waals surface area contributed by atoms with Crippen LogP contribution in [-0.4, -0.2) is 28.9 Å². The van der Waals surface area contributed by atoms with Crippen molar-refractivity contribution in [2.24, 2.45) is 0 Å². The summed E-state index contributed by atoms with van der Waals surface area (Å²) in [4.78, 5) is 31.4. The third-order valence-electron chi connectivity index (χ3n) is 5.66. The number of urea groups is 1. The number of carbonyl (C=O) groups excluding carboxylic acids is 2. The number of aromatic nitrogens is 1. The van der Waals surface area contributed by atoms with Crippen LogP contribution in [0.1, 0.15) is 30.0 Å². The second-order valence-electron chi connectivity index (χ2n) is 7.82. The highest BCUT2D eigenvalue weighted by Crippen LogP contribution is 2.39. The van der Waals surface area contributed by atoms with Crippen LogP contribution in [0, 0.1) is 29.3 Å². The molecule has 8 heteroatoms. The van der Waals surface area contributed by atoms with Crippen molar-refractivity contribution in [3.63, 3.8) is 0 Å². The Bertz CT molecular complexity index is 1290. The van der Waals surface area contributed by atoms with E-state index in [9.17, 15) is 22.8 Å². The van der Waals surface area contributed by atoms with E-state index in [-0.39, 0.29) is 12.0 Å². The average Bonchev–Trinajstić information content (AvgIpc) is 2.78. The molecule has 1 aromatic heterocycles. The largest absolute Gasteiger partial charge is 0.332 e.